The molecule has 0 saturated carbocycles. The van der Waals surface area contributed by atoms with Gasteiger partial charge in [-0.2, -0.15) is 0 Å². The van der Waals surface area contributed by atoms with Crippen LogP contribution in [-0.2, 0) is 23.9 Å². The maximum atomic E-state index is 9.40. The molecule has 0 bridgehead atoms. The highest BCUT2D eigenvalue weighted by Gasteiger charge is 2.25. The first kappa shape index (κ1) is 16.4. The second-order valence-electron chi connectivity index (χ2n) is 6.62. The molecule has 3 N–H and O–H groups in total. The van der Waals surface area contributed by atoms with Gasteiger partial charge >= 0.3 is 0 Å². The molecule has 0 aliphatic carbocycles. The first-order chi connectivity index (χ1) is 13.2. The third-order valence-corrected chi connectivity index (χ3v) is 6.65. The van der Waals surface area contributed by atoms with Crippen LogP contribution in [0.2, 0.25) is 0 Å². The molecule has 1 aliphatic heterocycles. The van der Waals surface area contributed by atoms with E-state index in [1.807, 2.05) is 60.7 Å². The Morgan fingerprint density at radius 3 is 1.63 bits per heavy atom. The molecule has 5 heteroatoms. The zero-order valence-electron chi connectivity index (χ0n) is 14.4. The van der Waals surface area contributed by atoms with Gasteiger partial charge in [0.1, 0.15) is 11.5 Å². The predicted molar refractivity (Wildman–Crippen MR) is 106 cm³/mol. The molecule has 1 aliphatic rings. The molecule has 27 heavy (non-hydrogen) atoms. The number of hydrogen-bond acceptors (Lipinski definition) is 4. The summed E-state index contributed by atoms with van der Waals surface area (Å²) in [6.07, 6.45) is 0. The normalized spacial score (nSPS) is 13.4. The third-order valence-electron chi connectivity index (χ3n) is 4.99. The fourth-order valence-electron chi connectivity index (χ4n) is 3.66. The number of fused-ring (bicyclic) bond motifs is 6. The zero-order chi connectivity index (χ0) is 18.5. The largest absolute Gasteiger partial charge is 0.455 e. The lowest BCUT2D eigenvalue weighted by atomic mass is 10.1. The van der Waals surface area contributed by atoms with Gasteiger partial charge in [-0.15, -0.1) is 0 Å². The van der Waals surface area contributed by atoms with Gasteiger partial charge < -0.3 is 14.9 Å². The second kappa shape index (κ2) is 6.16. The lowest BCUT2D eigenvalue weighted by Gasteiger charge is -2.24. The highest BCUT2D eigenvalue weighted by Crippen LogP contribution is 2.46. The summed E-state index contributed by atoms with van der Waals surface area (Å²) in [6.45, 7) is -0.00640. The van der Waals surface area contributed by atoms with Gasteiger partial charge in [0.2, 0.25) is 0 Å². The Morgan fingerprint density at radius 1 is 0.704 bits per heavy atom. The standard InChI is InChI=1S/C22H17NO3S/c23-27-21-17-5-1-13(11-24)9-15(17)3-7-19(21)26-20-8-4-16-10-14(12-25)2-6-18(16)22(20)27/h1-10,23-25H,11-12H2. The van der Waals surface area contributed by atoms with Gasteiger partial charge in [0.05, 0.1) is 23.0 Å². The van der Waals surface area contributed by atoms with E-state index in [-0.39, 0.29) is 13.2 Å². The van der Waals surface area contributed by atoms with Crippen LogP contribution in [0, 0.1) is 4.78 Å². The van der Waals surface area contributed by atoms with Crippen molar-refractivity contribution >= 4 is 32.2 Å². The van der Waals surface area contributed by atoms with Crippen LogP contribution in [0.25, 0.3) is 21.5 Å². The number of aliphatic hydroxyl groups is 2. The van der Waals surface area contributed by atoms with Crippen molar-refractivity contribution in [1.82, 2.24) is 0 Å². The summed E-state index contributed by atoms with van der Waals surface area (Å²) in [5.74, 6) is 1.44. The van der Waals surface area contributed by atoms with Crippen LogP contribution in [0.4, 0.5) is 0 Å². The first-order valence-electron chi connectivity index (χ1n) is 8.66. The van der Waals surface area contributed by atoms with Gasteiger partial charge in [-0.05, 0) is 56.9 Å². The number of nitrogens with one attached hydrogen (secondary N) is 1. The number of ether oxygens (including phenoxy) is 1. The molecule has 4 aromatic carbocycles. The predicted octanol–water partition coefficient (Wildman–Crippen LogP) is 4.88. The molecule has 0 amide bonds. The van der Waals surface area contributed by atoms with Crippen LogP contribution in [-0.4, -0.2) is 10.2 Å². The Morgan fingerprint density at radius 2 is 1.19 bits per heavy atom. The first-order valence-corrected chi connectivity index (χ1v) is 9.88. The summed E-state index contributed by atoms with van der Waals surface area (Å²) < 4.78 is 15.2. The molecular weight excluding hydrogens is 358 g/mol. The van der Waals surface area contributed by atoms with Gasteiger partial charge in [0.15, 0.2) is 0 Å². The van der Waals surface area contributed by atoms with Crippen molar-refractivity contribution in [2.24, 2.45) is 0 Å². The van der Waals surface area contributed by atoms with Crippen molar-refractivity contribution < 1.29 is 14.9 Å². The molecule has 0 saturated heterocycles. The smallest absolute Gasteiger partial charge is 0.143 e. The van der Waals surface area contributed by atoms with E-state index in [2.05, 4.69) is 0 Å². The molecule has 4 nitrogen and oxygen atoms in total. The van der Waals surface area contributed by atoms with Crippen LogP contribution in [0.15, 0.2) is 70.5 Å². The summed E-state index contributed by atoms with van der Waals surface area (Å²) in [4.78, 5) is 1.76. The zero-order valence-corrected chi connectivity index (χ0v) is 15.2. The van der Waals surface area contributed by atoms with Gasteiger partial charge in [0.25, 0.3) is 0 Å². The van der Waals surface area contributed by atoms with Crippen LogP contribution in [0.1, 0.15) is 11.1 Å². The third kappa shape index (κ3) is 2.47. The van der Waals surface area contributed by atoms with E-state index in [1.54, 1.807) is 0 Å². The molecule has 0 fully saturated rings. The van der Waals surface area contributed by atoms with Crippen molar-refractivity contribution in [3.63, 3.8) is 0 Å². The maximum Gasteiger partial charge on any atom is 0.143 e. The van der Waals surface area contributed by atoms with E-state index < -0.39 is 10.7 Å². The van der Waals surface area contributed by atoms with Gasteiger partial charge in [-0.25, -0.2) is 0 Å². The molecule has 1 heterocycles. The van der Waals surface area contributed by atoms with E-state index in [1.165, 1.54) is 0 Å². The van der Waals surface area contributed by atoms with Gasteiger partial charge in [-0.1, -0.05) is 36.4 Å². The molecule has 0 spiro atoms. The quantitative estimate of drug-likeness (QED) is 0.412. The fourth-order valence-corrected chi connectivity index (χ4v) is 5.30. The molecule has 0 atom stereocenters. The molecule has 0 radical (unpaired) electrons. The van der Waals surface area contributed by atoms with Crippen LogP contribution >= 0.6 is 0 Å². The minimum atomic E-state index is -0.906. The van der Waals surface area contributed by atoms with Crippen LogP contribution < -0.4 is 4.74 Å². The minimum absolute atomic E-state index is 0.00320. The SMILES string of the molecule is N=S1c2c(ccc3cc(CO)ccc23)Oc2ccc3cc(CO)ccc3c21. The second-order valence-corrected chi connectivity index (χ2v) is 8.05. The summed E-state index contributed by atoms with van der Waals surface area (Å²) in [7, 11) is -0.906. The monoisotopic (exact) mass is 375 g/mol. The summed E-state index contributed by atoms with van der Waals surface area (Å²) in [5.41, 5.74) is 1.71. The molecule has 0 aromatic heterocycles. The Bertz CT molecular complexity index is 1150. The van der Waals surface area contributed by atoms with Crippen LogP contribution in [0.5, 0.6) is 11.5 Å². The van der Waals surface area contributed by atoms with E-state index >= 15 is 0 Å². The van der Waals surface area contributed by atoms with E-state index in [4.69, 9.17) is 9.52 Å². The topological polar surface area (TPSA) is 73.5 Å². The lowest BCUT2D eigenvalue weighted by molar-refractivity contribution is 0.282. The Labute approximate surface area is 158 Å². The average Bonchev–Trinajstić information content (AvgIpc) is 2.72. The summed E-state index contributed by atoms with van der Waals surface area (Å²) in [5, 5.41) is 22.8. The summed E-state index contributed by atoms with van der Waals surface area (Å²) >= 11 is 0. The maximum absolute atomic E-state index is 9.40. The molecule has 134 valence electrons. The molecule has 4 aromatic rings. The number of aliphatic hydroxyl groups excluding tert-OH is 2. The van der Waals surface area contributed by atoms with Crippen molar-refractivity contribution in [1.29, 1.82) is 4.78 Å². The van der Waals surface area contributed by atoms with Crippen molar-refractivity contribution in [2.75, 3.05) is 0 Å². The highest BCUT2D eigenvalue weighted by molar-refractivity contribution is 7.87. The van der Waals surface area contributed by atoms with Gasteiger partial charge in [0, 0.05) is 10.8 Å². The Hall–Kier alpha value is -2.73. The van der Waals surface area contributed by atoms with E-state index in [0.717, 1.165) is 54.0 Å². The lowest BCUT2D eigenvalue weighted by Crippen LogP contribution is -2.06. The average molecular weight is 375 g/mol. The van der Waals surface area contributed by atoms with E-state index in [9.17, 15) is 10.2 Å². The number of benzene rings is 4. The van der Waals surface area contributed by atoms with E-state index in [0.29, 0.717) is 0 Å². The van der Waals surface area contributed by atoms with Gasteiger partial charge in [-0.3, -0.25) is 4.78 Å². The number of rotatable bonds is 2. The Balaban J connectivity index is 1.77. The molecule has 5 rings (SSSR count). The molecule has 0 unspecified atom stereocenters. The van der Waals surface area contributed by atoms with Crippen molar-refractivity contribution in [3.05, 3.63) is 71.8 Å². The summed E-state index contributed by atoms with van der Waals surface area (Å²) in [6, 6.07) is 19.4. The fraction of sp³-hybridized carbons (Fsp3) is 0.0909. The highest BCUT2D eigenvalue weighted by atomic mass is 32.2. The minimum Gasteiger partial charge on any atom is -0.455 e. The van der Waals surface area contributed by atoms with Crippen molar-refractivity contribution in [2.45, 2.75) is 23.0 Å². The van der Waals surface area contributed by atoms with Crippen LogP contribution in [0.3, 0.4) is 0 Å². The number of hydrogen-bond donors (Lipinski definition) is 3. The van der Waals surface area contributed by atoms with Crippen molar-refractivity contribution in [3.8, 4) is 11.5 Å². The Kier molecular flexibility index (Phi) is 3.75. The molecular formula is C22H17NO3S.